The van der Waals surface area contributed by atoms with Gasteiger partial charge in [-0.3, -0.25) is 14.4 Å². The standard InChI is InChI=1S/C23H34N4O7/c1-3-13(2)19(23(33)34)26-21(31)18-5-4-10-27(18)22(32)17(25-20(30)16(24)12-28)11-14-6-8-15(29)9-7-14/h6-9,13,16-19,28-29H,3-5,10-12,24H2,1-2H3,(H,25,30)(H,26,31)(H,33,34). The number of aliphatic hydroxyl groups excluding tert-OH is 1. The lowest BCUT2D eigenvalue weighted by atomic mass is 9.98. The Morgan fingerprint density at radius 1 is 1.18 bits per heavy atom. The second kappa shape index (κ2) is 12.3. The van der Waals surface area contributed by atoms with Gasteiger partial charge >= 0.3 is 5.97 Å². The molecule has 5 atom stereocenters. The number of hydrogen-bond donors (Lipinski definition) is 6. The van der Waals surface area contributed by atoms with Crippen molar-refractivity contribution < 1.29 is 34.5 Å². The van der Waals surface area contributed by atoms with Crippen molar-refractivity contribution in [1.82, 2.24) is 15.5 Å². The van der Waals surface area contributed by atoms with Crippen LogP contribution in [0.2, 0.25) is 0 Å². The number of nitrogens with one attached hydrogen (secondary N) is 2. The predicted octanol–water partition coefficient (Wildman–Crippen LogP) is -0.654. The number of nitrogens with two attached hydrogens (primary N) is 1. The van der Waals surface area contributed by atoms with Crippen LogP contribution >= 0.6 is 0 Å². The van der Waals surface area contributed by atoms with Crippen molar-refractivity contribution in [2.75, 3.05) is 13.2 Å². The number of aromatic hydroxyl groups is 1. The number of phenolic OH excluding ortho intramolecular Hbond substituents is 1. The molecular formula is C23H34N4O7. The minimum atomic E-state index is -1.22. The van der Waals surface area contributed by atoms with Crippen LogP contribution in [0, 0.1) is 5.92 Å². The van der Waals surface area contributed by atoms with Gasteiger partial charge in [-0.25, -0.2) is 4.79 Å². The Balaban J connectivity index is 2.23. The summed E-state index contributed by atoms with van der Waals surface area (Å²) in [4.78, 5) is 51.7. The van der Waals surface area contributed by atoms with Crippen LogP contribution in [0.25, 0.3) is 0 Å². The number of carbonyl (C=O) groups is 4. The van der Waals surface area contributed by atoms with Crippen molar-refractivity contribution in [2.24, 2.45) is 11.7 Å². The maximum Gasteiger partial charge on any atom is 0.326 e. The lowest BCUT2D eigenvalue weighted by Crippen LogP contribution is -2.58. The molecule has 1 heterocycles. The number of likely N-dealkylation sites (tertiary alicyclic amines) is 1. The highest BCUT2D eigenvalue weighted by Crippen LogP contribution is 2.21. The zero-order valence-electron chi connectivity index (χ0n) is 19.4. The van der Waals surface area contributed by atoms with E-state index >= 15 is 0 Å². The third-order valence-corrected chi connectivity index (χ3v) is 6.14. The zero-order chi connectivity index (χ0) is 25.4. The Labute approximate surface area is 198 Å². The quantitative estimate of drug-likeness (QED) is 0.242. The third kappa shape index (κ3) is 6.91. The number of rotatable bonds is 11. The van der Waals surface area contributed by atoms with Crippen molar-refractivity contribution in [3.05, 3.63) is 29.8 Å². The van der Waals surface area contributed by atoms with E-state index in [-0.39, 0.29) is 24.6 Å². The maximum absolute atomic E-state index is 13.4. The van der Waals surface area contributed by atoms with Gasteiger partial charge in [0.25, 0.3) is 0 Å². The zero-order valence-corrected chi connectivity index (χ0v) is 19.4. The average Bonchev–Trinajstić information content (AvgIpc) is 3.31. The highest BCUT2D eigenvalue weighted by Gasteiger charge is 2.39. The molecule has 0 spiro atoms. The van der Waals surface area contributed by atoms with Gasteiger partial charge in [0.15, 0.2) is 0 Å². The SMILES string of the molecule is CCC(C)C(NC(=O)C1CCCN1C(=O)C(Cc1ccc(O)cc1)NC(=O)C(N)CO)C(=O)O. The van der Waals surface area contributed by atoms with Crippen molar-refractivity contribution in [2.45, 2.75) is 63.7 Å². The van der Waals surface area contributed by atoms with E-state index in [1.165, 1.54) is 17.0 Å². The van der Waals surface area contributed by atoms with Crippen molar-refractivity contribution in [1.29, 1.82) is 0 Å². The van der Waals surface area contributed by atoms with Gasteiger partial charge in [-0.1, -0.05) is 32.4 Å². The number of aliphatic carboxylic acids is 1. The fourth-order valence-corrected chi connectivity index (χ4v) is 3.87. The van der Waals surface area contributed by atoms with Gasteiger partial charge in [0.2, 0.25) is 17.7 Å². The number of nitrogens with zero attached hydrogens (tertiary/aromatic N) is 1. The molecule has 0 saturated carbocycles. The molecular weight excluding hydrogens is 444 g/mol. The number of benzene rings is 1. The largest absolute Gasteiger partial charge is 0.508 e. The minimum Gasteiger partial charge on any atom is -0.508 e. The number of carbonyl (C=O) groups excluding carboxylic acids is 3. The Kier molecular flexibility index (Phi) is 9.82. The van der Waals surface area contributed by atoms with Gasteiger partial charge in [-0.2, -0.15) is 0 Å². The fraction of sp³-hybridized carbons (Fsp3) is 0.565. The summed E-state index contributed by atoms with van der Waals surface area (Å²) in [6.45, 7) is 3.22. The molecule has 1 aliphatic rings. The normalized spacial score (nSPS) is 19.1. The number of phenols is 1. The van der Waals surface area contributed by atoms with Crippen LogP contribution in [0.1, 0.15) is 38.7 Å². The summed E-state index contributed by atoms with van der Waals surface area (Å²) in [7, 11) is 0. The first-order valence-electron chi connectivity index (χ1n) is 11.4. The second-order valence-electron chi connectivity index (χ2n) is 8.62. The van der Waals surface area contributed by atoms with Gasteiger partial charge in [0.1, 0.15) is 29.9 Å². The molecule has 0 bridgehead atoms. The van der Waals surface area contributed by atoms with Crippen LogP contribution in [0.5, 0.6) is 5.75 Å². The van der Waals surface area contributed by atoms with E-state index in [1.807, 2.05) is 6.92 Å². The molecule has 5 unspecified atom stereocenters. The van der Waals surface area contributed by atoms with Gasteiger partial charge in [-0.15, -0.1) is 0 Å². The summed E-state index contributed by atoms with van der Waals surface area (Å²) in [5, 5.41) is 33.3. The van der Waals surface area contributed by atoms with Crippen LogP contribution < -0.4 is 16.4 Å². The Morgan fingerprint density at radius 3 is 2.38 bits per heavy atom. The molecule has 1 saturated heterocycles. The van der Waals surface area contributed by atoms with Crippen LogP contribution in [0.3, 0.4) is 0 Å². The molecule has 2 rings (SSSR count). The summed E-state index contributed by atoms with van der Waals surface area (Å²) in [6.07, 6.45) is 1.52. The predicted molar refractivity (Wildman–Crippen MR) is 123 cm³/mol. The summed E-state index contributed by atoms with van der Waals surface area (Å²) >= 11 is 0. The van der Waals surface area contributed by atoms with Gasteiger partial charge in [-0.05, 0) is 36.5 Å². The smallest absolute Gasteiger partial charge is 0.326 e. The Hall–Kier alpha value is -3.18. The second-order valence-corrected chi connectivity index (χ2v) is 8.62. The van der Waals surface area contributed by atoms with Crippen molar-refractivity contribution >= 4 is 23.7 Å². The van der Waals surface area contributed by atoms with E-state index in [0.717, 1.165) is 0 Å². The molecule has 0 aromatic heterocycles. The van der Waals surface area contributed by atoms with Crippen LogP contribution in [-0.2, 0) is 25.6 Å². The fourth-order valence-electron chi connectivity index (χ4n) is 3.87. The molecule has 1 aromatic carbocycles. The molecule has 0 aliphatic carbocycles. The summed E-state index contributed by atoms with van der Waals surface area (Å²) < 4.78 is 0. The third-order valence-electron chi connectivity index (χ3n) is 6.14. The molecule has 1 aromatic rings. The summed E-state index contributed by atoms with van der Waals surface area (Å²) in [6, 6.07) is 1.86. The van der Waals surface area contributed by atoms with E-state index in [1.54, 1.807) is 19.1 Å². The molecule has 188 valence electrons. The number of carboxylic acids is 1. The first-order chi connectivity index (χ1) is 16.1. The number of amides is 3. The summed E-state index contributed by atoms with van der Waals surface area (Å²) in [5.74, 6) is -3.19. The maximum atomic E-state index is 13.4. The highest BCUT2D eigenvalue weighted by atomic mass is 16.4. The number of hydrogen-bond acceptors (Lipinski definition) is 7. The van der Waals surface area contributed by atoms with E-state index < -0.39 is 54.5 Å². The minimum absolute atomic E-state index is 0.0449. The molecule has 11 heteroatoms. The monoisotopic (exact) mass is 478 g/mol. The molecule has 34 heavy (non-hydrogen) atoms. The Morgan fingerprint density at radius 2 is 1.82 bits per heavy atom. The van der Waals surface area contributed by atoms with Crippen LogP contribution in [-0.4, -0.2) is 81.2 Å². The number of aliphatic hydroxyl groups is 1. The lowest BCUT2D eigenvalue weighted by Gasteiger charge is -2.30. The lowest BCUT2D eigenvalue weighted by molar-refractivity contribution is -0.146. The topological polar surface area (TPSA) is 182 Å². The van der Waals surface area contributed by atoms with Crippen LogP contribution in [0.4, 0.5) is 0 Å². The van der Waals surface area contributed by atoms with Crippen molar-refractivity contribution in [3.8, 4) is 5.75 Å². The van der Waals surface area contributed by atoms with E-state index in [2.05, 4.69) is 10.6 Å². The average molecular weight is 479 g/mol. The molecule has 1 fully saturated rings. The van der Waals surface area contributed by atoms with Crippen LogP contribution in [0.15, 0.2) is 24.3 Å². The van der Waals surface area contributed by atoms with Gasteiger partial charge in [0.05, 0.1) is 6.61 Å². The molecule has 7 N–H and O–H groups in total. The van der Waals surface area contributed by atoms with Gasteiger partial charge < -0.3 is 36.6 Å². The molecule has 11 nitrogen and oxygen atoms in total. The first kappa shape index (κ1) is 27.1. The van der Waals surface area contributed by atoms with E-state index in [9.17, 15) is 34.5 Å². The number of carboxylic acid groups (broad SMARTS) is 1. The van der Waals surface area contributed by atoms with E-state index in [0.29, 0.717) is 24.8 Å². The highest BCUT2D eigenvalue weighted by molar-refractivity contribution is 5.94. The van der Waals surface area contributed by atoms with Crippen molar-refractivity contribution in [3.63, 3.8) is 0 Å². The summed E-state index contributed by atoms with van der Waals surface area (Å²) in [5.41, 5.74) is 6.24. The van der Waals surface area contributed by atoms with Gasteiger partial charge in [0, 0.05) is 13.0 Å². The Bertz CT molecular complexity index is 877. The molecule has 0 radical (unpaired) electrons. The molecule has 3 amide bonds. The molecule has 1 aliphatic heterocycles. The van der Waals surface area contributed by atoms with E-state index in [4.69, 9.17) is 5.73 Å². The first-order valence-corrected chi connectivity index (χ1v) is 11.4.